The Kier molecular flexibility index (Phi) is 4.22. The lowest BCUT2D eigenvalue weighted by atomic mass is 10.3. The summed E-state index contributed by atoms with van der Waals surface area (Å²) in [6.45, 7) is 9.79. The molecule has 0 atom stereocenters. The third-order valence-corrected chi connectivity index (χ3v) is 3.30. The van der Waals surface area contributed by atoms with Crippen LogP contribution < -0.4 is 5.32 Å². The van der Waals surface area contributed by atoms with Gasteiger partial charge in [-0.15, -0.1) is 0 Å². The van der Waals surface area contributed by atoms with E-state index in [0.717, 1.165) is 13.1 Å². The first-order valence-corrected chi connectivity index (χ1v) is 6.03. The fourth-order valence-corrected chi connectivity index (χ4v) is 2.40. The van der Waals surface area contributed by atoms with Crippen LogP contribution >= 0.6 is 0 Å². The third kappa shape index (κ3) is 3.23. The van der Waals surface area contributed by atoms with Crippen molar-refractivity contribution in [3.8, 4) is 0 Å². The Hall–Kier alpha value is -0.120. The highest BCUT2D eigenvalue weighted by Crippen LogP contribution is 2.07. The molecule has 0 unspecified atom stereocenters. The van der Waals surface area contributed by atoms with E-state index >= 15 is 0 Å². The van der Waals surface area contributed by atoms with Gasteiger partial charge in [0, 0.05) is 26.2 Å². The summed E-state index contributed by atoms with van der Waals surface area (Å²) in [6.07, 6.45) is 4.19. The normalized spacial score (nSPS) is 25.7. The van der Waals surface area contributed by atoms with Crippen molar-refractivity contribution in [3.63, 3.8) is 0 Å². The molecule has 2 heterocycles. The van der Waals surface area contributed by atoms with Gasteiger partial charge in [-0.05, 0) is 45.4 Å². The summed E-state index contributed by atoms with van der Waals surface area (Å²) in [7, 11) is 0. The molecule has 0 amide bonds. The zero-order chi connectivity index (χ0) is 9.64. The van der Waals surface area contributed by atoms with Crippen LogP contribution in [0.25, 0.3) is 0 Å². The third-order valence-electron chi connectivity index (χ3n) is 3.30. The SMILES string of the molecule is C1CCN(CCCN2CC[N]CC2)C1. The summed E-state index contributed by atoms with van der Waals surface area (Å²) in [6, 6.07) is 0. The summed E-state index contributed by atoms with van der Waals surface area (Å²) >= 11 is 0. The Balaban J connectivity index is 1.52. The molecule has 2 aliphatic rings. The Morgan fingerprint density at radius 1 is 0.786 bits per heavy atom. The molecule has 0 N–H and O–H groups in total. The van der Waals surface area contributed by atoms with E-state index in [9.17, 15) is 0 Å². The van der Waals surface area contributed by atoms with Crippen molar-refractivity contribution < 1.29 is 0 Å². The molecule has 0 spiro atoms. The van der Waals surface area contributed by atoms with Gasteiger partial charge in [-0.1, -0.05) is 0 Å². The Morgan fingerprint density at radius 2 is 1.36 bits per heavy atom. The van der Waals surface area contributed by atoms with Crippen LogP contribution in [-0.2, 0) is 0 Å². The lowest BCUT2D eigenvalue weighted by Gasteiger charge is -2.26. The minimum atomic E-state index is 1.06. The first kappa shape index (κ1) is 10.4. The lowest BCUT2D eigenvalue weighted by Crippen LogP contribution is -2.41. The zero-order valence-corrected chi connectivity index (χ0v) is 9.12. The van der Waals surface area contributed by atoms with Gasteiger partial charge in [0.15, 0.2) is 0 Å². The summed E-state index contributed by atoms with van der Waals surface area (Å²) < 4.78 is 0. The molecule has 1 radical (unpaired) electrons. The van der Waals surface area contributed by atoms with Gasteiger partial charge in [-0.25, -0.2) is 5.32 Å². The Labute approximate surface area is 87.4 Å². The smallest absolute Gasteiger partial charge is 0.0261 e. The first-order valence-electron chi connectivity index (χ1n) is 6.03. The van der Waals surface area contributed by atoms with E-state index in [2.05, 4.69) is 15.1 Å². The molecule has 2 saturated heterocycles. The van der Waals surface area contributed by atoms with Crippen LogP contribution in [0.15, 0.2) is 0 Å². The maximum atomic E-state index is 4.36. The van der Waals surface area contributed by atoms with Gasteiger partial charge in [-0.3, -0.25) is 0 Å². The average Bonchev–Trinajstić information content (AvgIpc) is 2.72. The fraction of sp³-hybridized carbons (Fsp3) is 1.00. The number of hydrogen-bond donors (Lipinski definition) is 0. The van der Waals surface area contributed by atoms with Gasteiger partial charge in [0.2, 0.25) is 0 Å². The average molecular weight is 196 g/mol. The second-order valence-electron chi connectivity index (χ2n) is 4.41. The fourth-order valence-electron chi connectivity index (χ4n) is 2.40. The molecule has 0 aromatic rings. The molecular formula is C11H22N3. The predicted octanol–water partition coefficient (Wildman–Crippen LogP) is 0.392. The molecule has 2 aliphatic heterocycles. The maximum absolute atomic E-state index is 4.36. The van der Waals surface area contributed by atoms with E-state index in [0.29, 0.717) is 0 Å². The Bertz CT molecular complexity index is 149. The Morgan fingerprint density at radius 3 is 2.00 bits per heavy atom. The molecule has 3 heteroatoms. The summed E-state index contributed by atoms with van der Waals surface area (Å²) in [5.41, 5.74) is 0. The van der Waals surface area contributed by atoms with Crippen LogP contribution in [0.2, 0.25) is 0 Å². The summed E-state index contributed by atoms with van der Waals surface area (Å²) in [5.74, 6) is 0. The molecule has 2 rings (SSSR count). The quantitative estimate of drug-likeness (QED) is 0.648. The first-order chi connectivity index (χ1) is 6.95. The monoisotopic (exact) mass is 196 g/mol. The van der Waals surface area contributed by atoms with Crippen molar-refractivity contribution in [3.05, 3.63) is 0 Å². The van der Waals surface area contributed by atoms with Crippen molar-refractivity contribution in [1.82, 2.24) is 15.1 Å². The minimum absolute atomic E-state index is 1.06. The number of nitrogens with zero attached hydrogens (tertiary/aromatic N) is 3. The van der Waals surface area contributed by atoms with Gasteiger partial charge in [-0.2, -0.15) is 0 Å². The van der Waals surface area contributed by atoms with Crippen molar-refractivity contribution in [2.24, 2.45) is 0 Å². The predicted molar refractivity (Wildman–Crippen MR) is 58.6 cm³/mol. The standard InChI is InChI=1S/C11H22N3/c1-2-7-13(6-1)8-3-9-14-10-4-12-5-11-14/h1-11H2. The van der Waals surface area contributed by atoms with Crippen LogP contribution in [0.1, 0.15) is 19.3 Å². The van der Waals surface area contributed by atoms with E-state index in [4.69, 9.17) is 0 Å². The molecule has 0 saturated carbocycles. The zero-order valence-electron chi connectivity index (χ0n) is 9.12. The summed E-state index contributed by atoms with van der Waals surface area (Å²) in [4.78, 5) is 5.16. The largest absolute Gasteiger partial charge is 0.303 e. The number of piperazine rings is 1. The van der Waals surface area contributed by atoms with Gasteiger partial charge in [0.1, 0.15) is 0 Å². The van der Waals surface area contributed by atoms with Crippen molar-refractivity contribution in [2.75, 3.05) is 52.4 Å². The molecule has 0 bridgehead atoms. The number of hydrogen-bond acceptors (Lipinski definition) is 2. The molecule has 81 valence electrons. The summed E-state index contributed by atoms with van der Waals surface area (Å²) in [5, 5.41) is 4.36. The van der Waals surface area contributed by atoms with Gasteiger partial charge in [0.05, 0.1) is 0 Å². The number of rotatable bonds is 4. The highest BCUT2D eigenvalue weighted by Gasteiger charge is 2.13. The molecule has 3 nitrogen and oxygen atoms in total. The lowest BCUT2D eigenvalue weighted by molar-refractivity contribution is 0.220. The molecular weight excluding hydrogens is 174 g/mol. The number of likely N-dealkylation sites (tertiary alicyclic amines) is 1. The van der Waals surface area contributed by atoms with Crippen molar-refractivity contribution in [2.45, 2.75) is 19.3 Å². The minimum Gasteiger partial charge on any atom is -0.303 e. The molecule has 0 aromatic heterocycles. The molecule has 2 fully saturated rings. The van der Waals surface area contributed by atoms with Crippen molar-refractivity contribution >= 4 is 0 Å². The second kappa shape index (κ2) is 5.69. The molecule has 14 heavy (non-hydrogen) atoms. The van der Waals surface area contributed by atoms with Gasteiger partial charge >= 0.3 is 0 Å². The van der Waals surface area contributed by atoms with E-state index in [1.54, 1.807) is 0 Å². The van der Waals surface area contributed by atoms with E-state index in [-0.39, 0.29) is 0 Å². The topological polar surface area (TPSA) is 20.6 Å². The molecule has 0 aliphatic carbocycles. The maximum Gasteiger partial charge on any atom is 0.0261 e. The molecule has 0 aromatic carbocycles. The van der Waals surface area contributed by atoms with E-state index in [1.807, 2.05) is 0 Å². The van der Waals surface area contributed by atoms with Crippen LogP contribution in [-0.4, -0.2) is 62.2 Å². The second-order valence-corrected chi connectivity index (χ2v) is 4.41. The highest BCUT2D eigenvalue weighted by molar-refractivity contribution is 4.70. The van der Waals surface area contributed by atoms with E-state index in [1.165, 1.54) is 58.5 Å². The van der Waals surface area contributed by atoms with Gasteiger partial charge < -0.3 is 9.80 Å². The van der Waals surface area contributed by atoms with Crippen LogP contribution in [0.4, 0.5) is 0 Å². The highest BCUT2D eigenvalue weighted by atomic mass is 15.2. The van der Waals surface area contributed by atoms with Crippen LogP contribution in [0.3, 0.4) is 0 Å². The van der Waals surface area contributed by atoms with Crippen LogP contribution in [0.5, 0.6) is 0 Å². The van der Waals surface area contributed by atoms with Crippen LogP contribution in [0, 0.1) is 0 Å². The van der Waals surface area contributed by atoms with Gasteiger partial charge in [0.25, 0.3) is 0 Å². The van der Waals surface area contributed by atoms with Crippen molar-refractivity contribution in [1.29, 1.82) is 0 Å². The van der Waals surface area contributed by atoms with E-state index < -0.39 is 0 Å².